The molecule has 20 heavy (non-hydrogen) atoms. The van der Waals surface area contributed by atoms with Crippen LogP contribution < -0.4 is 10.6 Å². The van der Waals surface area contributed by atoms with Gasteiger partial charge in [-0.25, -0.2) is 9.59 Å². The van der Waals surface area contributed by atoms with Gasteiger partial charge in [-0.15, -0.1) is 0 Å². The van der Waals surface area contributed by atoms with Gasteiger partial charge < -0.3 is 25.2 Å². The third kappa shape index (κ3) is 3.04. The summed E-state index contributed by atoms with van der Waals surface area (Å²) in [4.78, 5) is 23.4. The molecule has 1 aliphatic heterocycles. The predicted molar refractivity (Wildman–Crippen MR) is 70.5 cm³/mol. The second-order valence-electron chi connectivity index (χ2n) is 5.55. The van der Waals surface area contributed by atoms with Crippen molar-refractivity contribution < 1.29 is 24.2 Å². The maximum atomic E-state index is 11.9. The van der Waals surface area contributed by atoms with Crippen LogP contribution >= 0.6 is 0 Å². The highest BCUT2D eigenvalue weighted by atomic mass is 16.5. The minimum absolute atomic E-state index is 0.274. The molecule has 0 aromatic heterocycles. The van der Waals surface area contributed by atoms with Crippen molar-refractivity contribution in [1.29, 1.82) is 0 Å². The lowest BCUT2D eigenvalue weighted by Gasteiger charge is -2.41. The second-order valence-corrected chi connectivity index (χ2v) is 5.55. The number of nitrogens with one attached hydrogen (secondary N) is 2. The molecule has 0 radical (unpaired) electrons. The first-order valence-electron chi connectivity index (χ1n) is 6.94. The van der Waals surface area contributed by atoms with Crippen LogP contribution in [0.3, 0.4) is 0 Å². The monoisotopic (exact) mass is 286 g/mol. The molecule has 1 saturated heterocycles. The summed E-state index contributed by atoms with van der Waals surface area (Å²) in [5, 5.41) is 14.7. The van der Waals surface area contributed by atoms with E-state index >= 15 is 0 Å². The largest absolute Gasteiger partial charge is 0.480 e. The zero-order chi connectivity index (χ0) is 14.6. The molecular formula is C13H22N2O5. The Morgan fingerprint density at radius 1 is 1.25 bits per heavy atom. The van der Waals surface area contributed by atoms with Crippen molar-refractivity contribution >= 4 is 12.0 Å². The molecule has 7 nitrogen and oxygen atoms in total. The van der Waals surface area contributed by atoms with Gasteiger partial charge in [0, 0.05) is 39.7 Å². The van der Waals surface area contributed by atoms with Crippen molar-refractivity contribution in [3.63, 3.8) is 0 Å². The molecule has 0 aromatic rings. The Kier molecular flexibility index (Phi) is 4.49. The van der Waals surface area contributed by atoms with E-state index in [1.54, 1.807) is 7.11 Å². The number of ether oxygens (including phenoxy) is 2. The van der Waals surface area contributed by atoms with Crippen LogP contribution in [0.4, 0.5) is 4.79 Å². The topological polar surface area (TPSA) is 96.9 Å². The summed E-state index contributed by atoms with van der Waals surface area (Å²) in [5.41, 5.74) is -1.49. The second kappa shape index (κ2) is 5.97. The van der Waals surface area contributed by atoms with Crippen molar-refractivity contribution in [3.8, 4) is 0 Å². The van der Waals surface area contributed by atoms with E-state index in [9.17, 15) is 14.7 Å². The Morgan fingerprint density at radius 3 is 2.35 bits per heavy atom. The highest BCUT2D eigenvalue weighted by Crippen LogP contribution is 2.34. The van der Waals surface area contributed by atoms with Crippen molar-refractivity contribution in [2.24, 2.45) is 0 Å². The van der Waals surface area contributed by atoms with E-state index in [-0.39, 0.29) is 18.4 Å². The summed E-state index contributed by atoms with van der Waals surface area (Å²) >= 11 is 0. The summed E-state index contributed by atoms with van der Waals surface area (Å²) in [6.07, 6.45) is 3.49. The molecule has 1 heterocycles. The number of aliphatic carboxylic acids is 1. The van der Waals surface area contributed by atoms with Crippen LogP contribution in [0.1, 0.15) is 32.1 Å². The van der Waals surface area contributed by atoms with Crippen LogP contribution in [0.2, 0.25) is 0 Å². The Bertz CT molecular complexity index is 369. The quantitative estimate of drug-likeness (QED) is 0.683. The van der Waals surface area contributed by atoms with Crippen molar-refractivity contribution in [1.82, 2.24) is 10.6 Å². The summed E-state index contributed by atoms with van der Waals surface area (Å²) in [5.74, 6) is -1.01. The van der Waals surface area contributed by atoms with Gasteiger partial charge in [-0.3, -0.25) is 0 Å². The molecule has 7 heteroatoms. The first-order chi connectivity index (χ1) is 9.52. The van der Waals surface area contributed by atoms with Gasteiger partial charge in [0.15, 0.2) is 0 Å². The Labute approximate surface area is 118 Å². The number of carbonyl (C=O) groups is 2. The first-order valence-corrected chi connectivity index (χ1v) is 6.94. The molecule has 0 aromatic carbocycles. The van der Waals surface area contributed by atoms with Crippen LogP contribution in [0.25, 0.3) is 0 Å². The fourth-order valence-electron chi connectivity index (χ4n) is 2.64. The number of carboxylic acids is 1. The van der Waals surface area contributed by atoms with Crippen LogP contribution in [0.5, 0.6) is 0 Å². The van der Waals surface area contributed by atoms with Crippen LogP contribution in [-0.2, 0) is 14.3 Å². The van der Waals surface area contributed by atoms with Crippen molar-refractivity contribution in [2.45, 2.75) is 43.2 Å². The van der Waals surface area contributed by atoms with Crippen LogP contribution in [0.15, 0.2) is 0 Å². The number of rotatable bonds is 5. The number of urea groups is 1. The van der Waals surface area contributed by atoms with Crippen molar-refractivity contribution in [2.75, 3.05) is 26.9 Å². The van der Waals surface area contributed by atoms with Crippen molar-refractivity contribution in [3.05, 3.63) is 0 Å². The lowest BCUT2D eigenvalue weighted by Crippen LogP contribution is -2.61. The van der Waals surface area contributed by atoms with Gasteiger partial charge in [0.1, 0.15) is 5.54 Å². The molecule has 1 aliphatic carbocycles. The standard InChI is InChI=1S/C13H22N2O5/c1-19-12(3-2-4-12)9-14-11(18)15-13(10(16)17)5-7-20-8-6-13/h2-9H2,1H3,(H,16,17)(H2,14,15,18). The summed E-state index contributed by atoms with van der Waals surface area (Å²) < 4.78 is 10.6. The van der Waals surface area contributed by atoms with Crippen LogP contribution in [-0.4, -0.2) is 55.1 Å². The molecule has 0 spiro atoms. The van der Waals surface area contributed by atoms with Gasteiger partial charge >= 0.3 is 12.0 Å². The van der Waals surface area contributed by atoms with Gasteiger partial charge in [0.25, 0.3) is 0 Å². The smallest absolute Gasteiger partial charge is 0.329 e. The Morgan fingerprint density at radius 2 is 1.90 bits per heavy atom. The molecule has 2 fully saturated rings. The molecule has 0 atom stereocenters. The molecule has 2 amide bonds. The average molecular weight is 286 g/mol. The fraction of sp³-hybridized carbons (Fsp3) is 0.846. The van der Waals surface area contributed by atoms with Crippen LogP contribution in [0, 0.1) is 0 Å². The maximum absolute atomic E-state index is 11.9. The van der Waals surface area contributed by atoms with E-state index < -0.39 is 17.5 Å². The maximum Gasteiger partial charge on any atom is 0.329 e. The van der Waals surface area contributed by atoms with Gasteiger partial charge in [0.2, 0.25) is 0 Å². The van der Waals surface area contributed by atoms with Gasteiger partial charge in [-0.05, 0) is 19.3 Å². The first kappa shape index (κ1) is 15.1. The van der Waals surface area contributed by atoms with E-state index in [0.717, 1.165) is 19.3 Å². The Hall–Kier alpha value is -1.34. The lowest BCUT2D eigenvalue weighted by atomic mass is 9.80. The Balaban J connectivity index is 1.87. The molecule has 0 unspecified atom stereocenters. The SMILES string of the molecule is COC1(CNC(=O)NC2(C(=O)O)CCOCC2)CCC1. The summed E-state index contributed by atoms with van der Waals surface area (Å²) in [6, 6.07) is -0.461. The number of methoxy groups -OCH3 is 1. The van der Waals surface area contributed by atoms with Gasteiger partial charge in [-0.1, -0.05) is 0 Å². The van der Waals surface area contributed by atoms with E-state index in [4.69, 9.17) is 9.47 Å². The molecule has 2 aliphatic rings. The molecule has 2 rings (SSSR count). The van der Waals surface area contributed by atoms with E-state index in [2.05, 4.69) is 10.6 Å². The minimum atomic E-state index is -1.22. The highest BCUT2D eigenvalue weighted by Gasteiger charge is 2.42. The number of hydrogen-bond acceptors (Lipinski definition) is 4. The zero-order valence-corrected chi connectivity index (χ0v) is 11.7. The summed E-state index contributed by atoms with van der Waals surface area (Å²) in [7, 11) is 1.63. The average Bonchev–Trinajstić information content (AvgIpc) is 2.39. The number of carboxylic acid groups (broad SMARTS) is 1. The van der Waals surface area contributed by atoms with E-state index in [1.807, 2.05) is 0 Å². The molecular weight excluding hydrogens is 264 g/mol. The third-order valence-electron chi connectivity index (χ3n) is 4.38. The number of hydrogen-bond donors (Lipinski definition) is 3. The molecule has 3 N–H and O–H groups in total. The lowest BCUT2D eigenvalue weighted by molar-refractivity contribution is -0.148. The minimum Gasteiger partial charge on any atom is -0.480 e. The number of amides is 2. The molecule has 0 bridgehead atoms. The van der Waals surface area contributed by atoms with E-state index in [1.165, 1.54) is 0 Å². The highest BCUT2D eigenvalue weighted by molar-refractivity contribution is 5.86. The predicted octanol–water partition coefficient (Wildman–Crippen LogP) is 0.489. The number of carbonyl (C=O) groups excluding carboxylic acids is 1. The zero-order valence-electron chi connectivity index (χ0n) is 11.7. The third-order valence-corrected chi connectivity index (χ3v) is 4.38. The molecule has 114 valence electrons. The van der Waals surface area contributed by atoms with Gasteiger partial charge in [-0.2, -0.15) is 0 Å². The molecule has 1 saturated carbocycles. The van der Waals surface area contributed by atoms with Gasteiger partial charge in [0.05, 0.1) is 5.60 Å². The normalized spacial score (nSPS) is 23.4. The fourth-order valence-corrected chi connectivity index (χ4v) is 2.64. The summed E-state index contributed by atoms with van der Waals surface area (Å²) in [6.45, 7) is 1.09. The van der Waals surface area contributed by atoms with E-state index in [0.29, 0.717) is 19.8 Å².